The average Bonchev–Trinajstić information content (AvgIpc) is 3.04. The first-order valence-electron chi connectivity index (χ1n) is 7.88. The number of fused-ring (bicyclic) bond motifs is 1. The molecule has 2 N–H and O–H groups in total. The lowest BCUT2D eigenvalue weighted by Gasteiger charge is -2.22. The number of aromatic nitrogens is 1. The van der Waals surface area contributed by atoms with Crippen LogP contribution in [0.2, 0.25) is 0 Å². The van der Waals surface area contributed by atoms with E-state index in [1.54, 1.807) is 11.3 Å². The first kappa shape index (κ1) is 15.4. The van der Waals surface area contributed by atoms with Gasteiger partial charge in [-0.3, -0.25) is 0 Å². The Hall–Kier alpha value is -3.10. The number of allylic oxidation sites excluding steroid dienone is 1. The summed E-state index contributed by atoms with van der Waals surface area (Å²) < 4.78 is 5.66. The van der Waals surface area contributed by atoms with E-state index < -0.39 is 0 Å². The number of rotatable bonds is 2. The summed E-state index contributed by atoms with van der Waals surface area (Å²) in [5.74, 6) is 0.379. The molecule has 25 heavy (non-hydrogen) atoms. The second-order valence-electron chi connectivity index (χ2n) is 5.84. The highest BCUT2D eigenvalue weighted by Gasteiger charge is 2.34. The minimum Gasteiger partial charge on any atom is -0.421 e. The summed E-state index contributed by atoms with van der Waals surface area (Å²) in [6, 6.07) is 20.2. The molecule has 0 saturated carbocycles. The van der Waals surface area contributed by atoms with Crippen LogP contribution in [0, 0.1) is 18.3 Å². The van der Waals surface area contributed by atoms with Crippen LogP contribution >= 0.6 is 11.3 Å². The molecule has 0 amide bonds. The van der Waals surface area contributed by atoms with Crippen molar-refractivity contribution in [3.63, 3.8) is 0 Å². The summed E-state index contributed by atoms with van der Waals surface area (Å²) in [6.07, 6.45) is 0. The predicted molar refractivity (Wildman–Crippen MR) is 98.0 cm³/mol. The molecular formula is C20H15N3OS. The SMILES string of the molecule is Cc1ccccc1-c1nc2c(s1)[C@H](c1ccccc1)C(C#N)=C(N)O2. The Morgan fingerprint density at radius 1 is 1.12 bits per heavy atom. The zero-order valence-corrected chi connectivity index (χ0v) is 14.4. The third kappa shape index (κ3) is 2.57. The van der Waals surface area contributed by atoms with Gasteiger partial charge in [-0.15, -0.1) is 11.3 Å². The first-order chi connectivity index (χ1) is 12.2. The van der Waals surface area contributed by atoms with E-state index in [4.69, 9.17) is 10.5 Å². The van der Waals surface area contributed by atoms with Gasteiger partial charge in [0.25, 0.3) is 0 Å². The van der Waals surface area contributed by atoms with Gasteiger partial charge < -0.3 is 10.5 Å². The Bertz CT molecular complexity index is 1010. The second kappa shape index (κ2) is 6.08. The van der Waals surface area contributed by atoms with Gasteiger partial charge >= 0.3 is 0 Å². The molecule has 4 rings (SSSR count). The van der Waals surface area contributed by atoms with Gasteiger partial charge in [-0.05, 0) is 18.1 Å². The van der Waals surface area contributed by atoms with Crippen molar-refractivity contribution in [1.29, 1.82) is 5.26 Å². The van der Waals surface area contributed by atoms with Gasteiger partial charge in [0.2, 0.25) is 11.8 Å². The lowest BCUT2D eigenvalue weighted by Crippen LogP contribution is -2.20. The highest BCUT2D eigenvalue weighted by Crippen LogP contribution is 2.47. The highest BCUT2D eigenvalue weighted by molar-refractivity contribution is 7.15. The zero-order chi connectivity index (χ0) is 17.4. The number of aryl methyl sites for hydroxylation is 1. The maximum absolute atomic E-state index is 9.60. The van der Waals surface area contributed by atoms with Crippen molar-refractivity contribution < 1.29 is 4.74 Å². The van der Waals surface area contributed by atoms with Crippen molar-refractivity contribution >= 4 is 11.3 Å². The fourth-order valence-corrected chi connectivity index (χ4v) is 4.24. The standard InChI is InChI=1S/C20H15N3OS/c1-12-7-5-6-10-14(12)20-23-19-17(25-20)16(13-8-3-2-4-9-13)15(11-21)18(22)24-19/h2-10,16H,22H2,1H3/t16-/m1/s1. The minimum absolute atomic E-state index is 0.130. The third-order valence-electron chi connectivity index (χ3n) is 4.27. The lowest BCUT2D eigenvalue weighted by molar-refractivity contribution is 0.383. The van der Waals surface area contributed by atoms with Gasteiger partial charge in [0.15, 0.2) is 0 Å². The maximum atomic E-state index is 9.60. The highest BCUT2D eigenvalue weighted by atomic mass is 32.1. The topological polar surface area (TPSA) is 71.9 Å². The van der Waals surface area contributed by atoms with E-state index in [0.29, 0.717) is 11.5 Å². The maximum Gasteiger partial charge on any atom is 0.236 e. The van der Waals surface area contributed by atoms with Crippen molar-refractivity contribution in [2.45, 2.75) is 12.8 Å². The number of thiazole rings is 1. The van der Waals surface area contributed by atoms with Crippen LogP contribution in [0.3, 0.4) is 0 Å². The molecule has 0 radical (unpaired) electrons. The molecule has 5 heteroatoms. The van der Waals surface area contributed by atoms with E-state index in [2.05, 4.69) is 24.0 Å². The van der Waals surface area contributed by atoms with Gasteiger partial charge in [-0.2, -0.15) is 5.26 Å². The Kier molecular flexibility index (Phi) is 3.75. The minimum atomic E-state index is -0.245. The normalized spacial score (nSPS) is 16.1. The Labute approximate surface area is 149 Å². The molecule has 1 aliphatic heterocycles. The number of nitriles is 1. The Morgan fingerprint density at radius 3 is 2.56 bits per heavy atom. The molecule has 2 aromatic carbocycles. The molecule has 0 unspecified atom stereocenters. The summed E-state index contributed by atoms with van der Waals surface area (Å²) in [6.45, 7) is 2.05. The van der Waals surface area contributed by atoms with Crippen LogP contribution < -0.4 is 10.5 Å². The summed E-state index contributed by atoms with van der Waals surface area (Å²) in [7, 11) is 0. The van der Waals surface area contributed by atoms with E-state index in [1.165, 1.54) is 0 Å². The average molecular weight is 345 g/mol. The van der Waals surface area contributed by atoms with Gasteiger partial charge in [-0.1, -0.05) is 54.6 Å². The first-order valence-corrected chi connectivity index (χ1v) is 8.70. The molecule has 122 valence electrons. The molecule has 2 heterocycles. The smallest absolute Gasteiger partial charge is 0.236 e. The number of ether oxygens (including phenoxy) is 1. The van der Waals surface area contributed by atoms with E-state index in [1.807, 2.05) is 48.5 Å². The van der Waals surface area contributed by atoms with Crippen molar-refractivity contribution in [3.8, 4) is 22.5 Å². The monoisotopic (exact) mass is 345 g/mol. The molecule has 1 aromatic heterocycles. The van der Waals surface area contributed by atoms with Crippen LogP contribution in [-0.2, 0) is 0 Å². The molecule has 0 fully saturated rings. The molecule has 0 spiro atoms. The van der Waals surface area contributed by atoms with E-state index in [-0.39, 0.29) is 11.8 Å². The van der Waals surface area contributed by atoms with Crippen LogP contribution in [0.25, 0.3) is 10.6 Å². The fraction of sp³-hybridized carbons (Fsp3) is 0.100. The molecule has 0 bridgehead atoms. The van der Waals surface area contributed by atoms with Crippen LogP contribution in [0.5, 0.6) is 5.88 Å². The molecule has 0 aliphatic carbocycles. The Balaban J connectivity index is 1.89. The van der Waals surface area contributed by atoms with Crippen molar-refractivity contribution in [3.05, 3.63) is 82.1 Å². The van der Waals surface area contributed by atoms with E-state index in [9.17, 15) is 5.26 Å². The number of benzene rings is 2. The zero-order valence-electron chi connectivity index (χ0n) is 13.6. The third-order valence-corrected chi connectivity index (χ3v) is 5.41. The summed E-state index contributed by atoms with van der Waals surface area (Å²) >= 11 is 1.55. The van der Waals surface area contributed by atoms with Gasteiger partial charge in [0.1, 0.15) is 16.6 Å². The number of hydrogen-bond acceptors (Lipinski definition) is 5. The molecule has 4 nitrogen and oxygen atoms in total. The van der Waals surface area contributed by atoms with Crippen molar-refractivity contribution in [2.75, 3.05) is 0 Å². The van der Waals surface area contributed by atoms with Crippen LogP contribution in [0.15, 0.2) is 66.1 Å². The number of nitrogens with zero attached hydrogens (tertiary/aromatic N) is 2. The second-order valence-corrected chi connectivity index (χ2v) is 6.87. The predicted octanol–water partition coefficient (Wildman–Crippen LogP) is 4.34. The number of nitrogens with two attached hydrogens (primary N) is 1. The quantitative estimate of drug-likeness (QED) is 0.750. The van der Waals surface area contributed by atoms with E-state index >= 15 is 0 Å². The van der Waals surface area contributed by atoms with Gasteiger partial charge in [0.05, 0.1) is 10.8 Å². The summed E-state index contributed by atoms with van der Waals surface area (Å²) in [5, 5.41) is 10.5. The van der Waals surface area contributed by atoms with Gasteiger partial charge in [0, 0.05) is 5.56 Å². The molecule has 1 aliphatic rings. The molecular weight excluding hydrogens is 330 g/mol. The molecule has 1 atom stereocenters. The van der Waals surface area contributed by atoms with Crippen LogP contribution in [-0.4, -0.2) is 4.98 Å². The van der Waals surface area contributed by atoms with Crippen LogP contribution in [0.1, 0.15) is 21.9 Å². The largest absolute Gasteiger partial charge is 0.421 e. The summed E-state index contributed by atoms with van der Waals surface area (Å²) in [5.41, 5.74) is 9.65. The summed E-state index contributed by atoms with van der Waals surface area (Å²) in [4.78, 5) is 5.56. The molecule has 3 aromatic rings. The van der Waals surface area contributed by atoms with Crippen LogP contribution in [0.4, 0.5) is 0 Å². The Morgan fingerprint density at radius 2 is 1.84 bits per heavy atom. The lowest BCUT2D eigenvalue weighted by atomic mass is 9.89. The van der Waals surface area contributed by atoms with Crippen molar-refractivity contribution in [1.82, 2.24) is 4.98 Å². The molecule has 0 saturated heterocycles. The number of hydrogen-bond donors (Lipinski definition) is 1. The van der Waals surface area contributed by atoms with E-state index in [0.717, 1.165) is 26.6 Å². The van der Waals surface area contributed by atoms with Crippen molar-refractivity contribution in [2.24, 2.45) is 5.73 Å². The van der Waals surface area contributed by atoms with Gasteiger partial charge in [-0.25, -0.2) is 4.98 Å². The fourth-order valence-electron chi connectivity index (χ4n) is 3.02.